The molecule has 1 N–H and O–H groups in total. The van der Waals surface area contributed by atoms with E-state index in [2.05, 4.69) is 16.5 Å². The number of carbonyl (C=O) groups excluding carboxylic acids is 2. The summed E-state index contributed by atoms with van der Waals surface area (Å²) < 4.78 is 10.2. The summed E-state index contributed by atoms with van der Waals surface area (Å²) in [6.45, 7) is 3.16. The van der Waals surface area contributed by atoms with Crippen molar-refractivity contribution >= 4 is 17.7 Å². The Morgan fingerprint density at radius 1 is 1.14 bits per heavy atom. The summed E-state index contributed by atoms with van der Waals surface area (Å²) in [4.78, 5) is 24.9. The van der Waals surface area contributed by atoms with E-state index in [9.17, 15) is 14.9 Å². The highest BCUT2D eigenvalue weighted by atomic mass is 16.5. The van der Waals surface area contributed by atoms with E-state index in [1.165, 1.54) is 6.92 Å². The van der Waals surface area contributed by atoms with E-state index in [4.69, 9.17) is 9.26 Å². The summed E-state index contributed by atoms with van der Waals surface area (Å²) in [5, 5.41) is 15.5. The van der Waals surface area contributed by atoms with Crippen molar-refractivity contribution < 1.29 is 18.8 Å². The molecule has 3 aromatic rings. The van der Waals surface area contributed by atoms with Crippen molar-refractivity contribution in [1.29, 1.82) is 5.26 Å². The number of nitriles is 1. The Hall–Kier alpha value is -3.92. The SMILES string of the molecule is Cc1cc(NC(=O)[C@@H](C)OC(=O)c2ccccc2-c2ccccc2C#N)no1. The second-order valence-electron chi connectivity index (χ2n) is 6.06. The molecule has 0 spiro atoms. The molecule has 7 heteroatoms. The van der Waals surface area contributed by atoms with Gasteiger partial charge in [0.05, 0.1) is 17.2 Å². The standard InChI is InChI=1S/C21H17N3O4/c1-13-11-19(24-28-13)23-20(25)14(2)27-21(26)18-10-6-5-9-17(18)16-8-4-3-7-15(16)12-22/h3-11,14H,1-2H3,(H,23,24,25)/t14-/m1/s1. The summed E-state index contributed by atoms with van der Waals surface area (Å²) in [6, 6.07) is 17.4. The zero-order chi connectivity index (χ0) is 20.1. The van der Waals surface area contributed by atoms with Crippen LogP contribution in [0.4, 0.5) is 5.82 Å². The van der Waals surface area contributed by atoms with Crippen molar-refractivity contribution in [2.45, 2.75) is 20.0 Å². The third kappa shape index (κ3) is 4.07. The molecule has 1 amide bonds. The molecular weight excluding hydrogens is 358 g/mol. The molecule has 0 bridgehead atoms. The summed E-state index contributed by atoms with van der Waals surface area (Å²) >= 11 is 0. The molecule has 0 radical (unpaired) electrons. The average Bonchev–Trinajstić information content (AvgIpc) is 3.12. The molecule has 7 nitrogen and oxygen atoms in total. The zero-order valence-electron chi connectivity index (χ0n) is 15.3. The van der Waals surface area contributed by atoms with Crippen LogP contribution in [0.2, 0.25) is 0 Å². The van der Waals surface area contributed by atoms with Crippen LogP contribution in [-0.2, 0) is 9.53 Å². The van der Waals surface area contributed by atoms with Gasteiger partial charge in [-0.1, -0.05) is 41.6 Å². The lowest BCUT2D eigenvalue weighted by molar-refractivity contribution is -0.123. The van der Waals surface area contributed by atoms with E-state index >= 15 is 0 Å². The fraction of sp³-hybridized carbons (Fsp3) is 0.143. The van der Waals surface area contributed by atoms with E-state index < -0.39 is 18.0 Å². The molecule has 0 aliphatic rings. The molecule has 0 unspecified atom stereocenters. The number of anilines is 1. The highest BCUT2D eigenvalue weighted by molar-refractivity contribution is 6.00. The number of amides is 1. The minimum absolute atomic E-state index is 0.244. The largest absolute Gasteiger partial charge is 0.449 e. The van der Waals surface area contributed by atoms with Gasteiger partial charge in [0.2, 0.25) is 0 Å². The van der Waals surface area contributed by atoms with E-state index in [0.717, 1.165) is 0 Å². The number of carbonyl (C=O) groups is 2. The van der Waals surface area contributed by atoms with Gasteiger partial charge in [0.1, 0.15) is 5.76 Å². The van der Waals surface area contributed by atoms with Crippen molar-refractivity contribution in [1.82, 2.24) is 5.16 Å². The van der Waals surface area contributed by atoms with Crippen LogP contribution in [-0.4, -0.2) is 23.1 Å². The van der Waals surface area contributed by atoms with Crippen LogP contribution in [0.5, 0.6) is 0 Å². The number of benzene rings is 2. The number of nitrogens with one attached hydrogen (secondary N) is 1. The molecule has 0 aliphatic heterocycles. The number of aromatic nitrogens is 1. The first-order valence-corrected chi connectivity index (χ1v) is 8.53. The maximum Gasteiger partial charge on any atom is 0.339 e. The molecular formula is C21H17N3O4. The van der Waals surface area contributed by atoms with Crippen LogP contribution >= 0.6 is 0 Å². The molecule has 28 heavy (non-hydrogen) atoms. The smallest absolute Gasteiger partial charge is 0.339 e. The van der Waals surface area contributed by atoms with E-state index in [1.807, 2.05) is 0 Å². The van der Waals surface area contributed by atoms with Crippen LogP contribution < -0.4 is 5.32 Å². The number of hydrogen-bond donors (Lipinski definition) is 1. The number of rotatable bonds is 5. The molecule has 0 fully saturated rings. The van der Waals surface area contributed by atoms with Crippen molar-refractivity contribution in [3.63, 3.8) is 0 Å². The lowest BCUT2D eigenvalue weighted by Gasteiger charge is -2.15. The third-order valence-electron chi connectivity index (χ3n) is 4.02. The second-order valence-corrected chi connectivity index (χ2v) is 6.06. The molecule has 3 rings (SSSR count). The molecule has 1 atom stereocenters. The maximum atomic E-state index is 12.7. The number of aryl methyl sites for hydroxylation is 1. The van der Waals surface area contributed by atoms with Gasteiger partial charge in [-0.15, -0.1) is 0 Å². The monoisotopic (exact) mass is 375 g/mol. The Balaban J connectivity index is 1.80. The van der Waals surface area contributed by atoms with Gasteiger partial charge in [0.15, 0.2) is 11.9 Å². The Bertz CT molecular complexity index is 1070. The van der Waals surface area contributed by atoms with Crippen LogP contribution in [0.1, 0.15) is 28.6 Å². The summed E-state index contributed by atoms with van der Waals surface area (Å²) in [6.07, 6.45) is -1.05. The highest BCUT2D eigenvalue weighted by Gasteiger charge is 2.22. The Morgan fingerprint density at radius 3 is 2.50 bits per heavy atom. The third-order valence-corrected chi connectivity index (χ3v) is 4.02. The fourth-order valence-corrected chi connectivity index (χ4v) is 2.64. The molecule has 1 heterocycles. The molecule has 140 valence electrons. The number of esters is 1. The predicted molar refractivity (Wildman–Crippen MR) is 101 cm³/mol. The normalized spacial score (nSPS) is 11.3. The van der Waals surface area contributed by atoms with Crippen molar-refractivity contribution in [2.24, 2.45) is 0 Å². The molecule has 1 aromatic heterocycles. The lowest BCUT2D eigenvalue weighted by atomic mass is 9.96. The van der Waals surface area contributed by atoms with E-state index in [1.54, 1.807) is 61.5 Å². The first-order valence-electron chi connectivity index (χ1n) is 8.53. The van der Waals surface area contributed by atoms with Crippen LogP contribution in [0.15, 0.2) is 59.1 Å². The first-order chi connectivity index (χ1) is 13.5. The number of hydrogen-bond acceptors (Lipinski definition) is 6. The Kier molecular flexibility index (Phi) is 5.51. The average molecular weight is 375 g/mol. The predicted octanol–water partition coefficient (Wildman–Crippen LogP) is 3.71. The highest BCUT2D eigenvalue weighted by Crippen LogP contribution is 2.27. The van der Waals surface area contributed by atoms with Crippen LogP contribution in [0.25, 0.3) is 11.1 Å². The van der Waals surface area contributed by atoms with Crippen LogP contribution in [0, 0.1) is 18.3 Å². The van der Waals surface area contributed by atoms with Gasteiger partial charge in [-0.2, -0.15) is 5.26 Å². The van der Waals surface area contributed by atoms with Gasteiger partial charge in [0.25, 0.3) is 5.91 Å². The fourth-order valence-electron chi connectivity index (χ4n) is 2.64. The zero-order valence-corrected chi connectivity index (χ0v) is 15.3. The Labute approximate surface area is 161 Å². The Morgan fingerprint density at radius 2 is 1.82 bits per heavy atom. The maximum absolute atomic E-state index is 12.7. The summed E-state index contributed by atoms with van der Waals surface area (Å²) in [5.41, 5.74) is 1.88. The first kappa shape index (κ1) is 18.9. The molecule has 0 saturated heterocycles. The molecule has 0 saturated carbocycles. The van der Waals surface area contributed by atoms with Gasteiger partial charge >= 0.3 is 5.97 Å². The minimum atomic E-state index is -1.05. The van der Waals surface area contributed by atoms with Crippen molar-refractivity contribution in [2.75, 3.05) is 5.32 Å². The van der Waals surface area contributed by atoms with Gasteiger partial charge in [0, 0.05) is 11.6 Å². The van der Waals surface area contributed by atoms with Crippen molar-refractivity contribution in [3.05, 3.63) is 71.5 Å². The topological polar surface area (TPSA) is 105 Å². The number of nitrogens with zero attached hydrogens (tertiary/aromatic N) is 2. The molecule has 0 aliphatic carbocycles. The van der Waals surface area contributed by atoms with E-state index in [-0.39, 0.29) is 11.4 Å². The molecule has 2 aromatic carbocycles. The van der Waals surface area contributed by atoms with Gasteiger partial charge in [-0.25, -0.2) is 4.79 Å². The van der Waals surface area contributed by atoms with Gasteiger partial charge in [-0.05, 0) is 31.5 Å². The van der Waals surface area contributed by atoms with Gasteiger partial charge < -0.3 is 14.6 Å². The minimum Gasteiger partial charge on any atom is -0.449 e. The lowest BCUT2D eigenvalue weighted by Crippen LogP contribution is -2.30. The quantitative estimate of drug-likeness (QED) is 0.682. The van der Waals surface area contributed by atoms with Crippen LogP contribution in [0.3, 0.4) is 0 Å². The van der Waals surface area contributed by atoms with Crippen molar-refractivity contribution in [3.8, 4) is 17.2 Å². The van der Waals surface area contributed by atoms with Gasteiger partial charge in [-0.3, -0.25) is 4.79 Å². The summed E-state index contributed by atoms with van der Waals surface area (Å²) in [7, 11) is 0. The number of ether oxygens (including phenoxy) is 1. The second kappa shape index (κ2) is 8.18. The van der Waals surface area contributed by atoms with E-state index in [0.29, 0.717) is 22.5 Å². The summed E-state index contributed by atoms with van der Waals surface area (Å²) in [5.74, 6) is -0.405.